The summed E-state index contributed by atoms with van der Waals surface area (Å²) in [6.07, 6.45) is 3.03. The highest BCUT2D eigenvalue weighted by molar-refractivity contribution is 5.96. The third kappa shape index (κ3) is 3.50. The standard InChI is InChI=1S/C15H24N4O2/c1-4-19-8-6-7-11(19)9-12-13(14(16)20)15(21-5-2)18-10(3)17-12/h11H,4-9H2,1-3H3,(H2,16,20). The van der Waals surface area contributed by atoms with Gasteiger partial charge in [0, 0.05) is 12.5 Å². The normalized spacial score (nSPS) is 18.9. The fourth-order valence-corrected chi connectivity index (χ4v) is 3.00. The number of nitrogens with two attached hydrogens (primary N) is 1. The lowest BCUT2D eigenvalue weighted by molar-refractivity contribution is 0.0993. The zero-order valence-corrected chi connectivity index (χ0v) is 13.1. The molecule has 1 aromatic rings. The Balaban J connectivity index is 2.35. The summed E-state index contributed by atoms with van der Waals surface area (Å²) < 4.78 is 5.47. The number of rotatable bonds is 6. The molecule has 0 aromatic carbocycles. The van der Waals surface area contributed by atoms with Gasteiger partial charge in [-0.3, -0.25) is 4.79 Å². The van der Waals surface area contributed by atoms with Crippen LogP contribution in [0.5, 0.6) is 5.88 Å². The van der Waals surface area contributed by atoms with Crippen LogP contribution in [0, 0.1) is 6.92 Å². The van der Waals surface area contributed by atoms with Crippen molar-refractivity contribution in [1.29, 1.82) is 0 Å². The third-order valence-electron chi connectivity index (χ3n) is 3.92. The van der Waals surface area contributed by atoms with Crippen LogP contribution in [0.1, 0.15) is 48.6 Å². The number of likely N-dealkylation sites (tertiary alicyclic amines) is 1. The summed E-state index contributed by atoms with van der Waals surface area (Å²) in [6.45, 7) is 8.39. The summed E-state index contributed by atoms with van der Waals surface area (Å²) >= 11 is 0. The van der Waals surface area contributed by atoms with Gasteiger partial charge in [0.05, 0.1) is 12.3 Å². The SMILES string of the molecule is CCOc1nc(C)nc(CC2CCCN2CC)c1C(N)=O. The van der Waals surface area contributed by atoms with E-state index in [1.807, 2.05) is 13.8 Å². The van der Waals surface area contributed by atoms with E-state index in [1.165, 1.54) is 6.42 Å². The van der Waals surface area contributed by atoms with Gasteiger partial charge in [-0.15, -0.1) is 0 Å². The molecule has 6 nitrogen and oxygen atoms in total. The third-order valence-corrected chi connectivity index (χ3v) is 3.92. The van der Waals surface area contributed by atoms with Gasteiger partial charge in [0.2, 0.25) is 5.88 Å². The van der Waals surface area contributed by atoms with E-state index in [0.29, 0.717) is 35.6 Å². The van der Waals surface area contributed by atoms with Crippen molar-refractivity contribution in [3.05, 3.63) is 17.1 Å². The number of hydrogen-bond donors (Lipinski definition) is 1. The molecule has 0 spiro atoms. The molecule has 1 aliphatic rings. The van der Waals surface area contributed by atoms with Crippen LogP contribution in [0.4, 0.5) is 0 Å². The smallest absolute Gasteiger partial charge is 0.256 e. The van der Waals surface area contributed by atoms with Crippen molar-refractivity contribution in [3.8, 4) is 5.88 Å². The van der Waals surface area contributed by atoms with Gasteiger partial charge in [-0.25, -0.2) is 4.98 Å². The average Bonchev–Trinajstić information content (AvgIpc) is 2.85. The summed E-state index contributed by atoms with van der Waals surface area (Å²) in [6, 6.07) is 0.414. The lowest BCUT2D eigenvalue weighted by Crippen LogP contribution is -2.32. The molecule has 6 heteroatoms. The number of nitrogens with zero attached hydrogens (tertiary/aromatic N) is 3. The summed E-state index contributed by atoms with van der Waals surface area (Å²) in [7, 11) is 0. The quantitative estimate of drug-likeness (QED) is 0.855. The molecule has 2 rings (SSSR count). The Bertz CT molecular complexity index is 519. The first-order chi connectivity index (χ1) is 10.1. The first-order valence-corrected chi connectivity index (χ1v) is 7.60. The lowest BCUT2D eigenvalue weighted by Gasteiger charge is -2.23. The van der Waals surface area contributed by atoms with Crippen LogP contribution in [-0.4, -0.2) is 46.5 Å². The molecule has 0 aliphatic carbocycles. The van der Waals surface area contributed by atoms with Gasteiger partial charge in [-0.2, -0.15) is 4.98 Å². The summed E-state index contributed by atoms with van der Waals surface area (Å²) in [4.78, 5) is 22.9. The molecular weight excluding hydrogens is 268 g/mol. The minimum atomic E-state index is -0.519. The highest BCUT2D eigenvalue weighted by Gasteiger charge is 2.27. The second-order valence-corrected chi connectivity index (χ2v) is 5.32. The van der Waals surface area contributed by atoms with Gasteiger partial charge < -0.3 is 15.4 Å². The van der Waals surface area contributed by atoms with Crippen molar-refractivity contribution in [3.63, 3.8) is 0 Å². The van der Waals surface area contributed by atoms with Gasteiger partial charge in [0.25, 0.3) is 5.91 Å². The zero-order valence-electron chi connectivity index (χ0n) is 13.1. The Hall–Kier alpha value is -1.69. The molecule has 2 N–H and O–H groups in total. The number of carbonyl (C=O) groups is 1. The lowest BCUT2D eigenvalue weighted by atomic mass is 10.0. The van der Waals surface area contributed by atoms with Gasteiger partial charge >= 0.3 is 0 Å². The number of carbonyl (C=O) groups excluding carboxylic acids is 1. The van der Waals surface area contributed by atoms with E-state index in [-0.39, 0.29) is 0 Å². The highest BCUT2D eigenvalue weighted by atomic mass is 16.5. The Morgan fingerprint density at radius 2 is 2.19 bits per heavy atom. The van der Waals surface area contributed by atoms with Crippen LogP contribution < -0.4 is 10.5 Å². The summed E-state index contributed by atoms with van der Waals surface area (Å²) in [5, 5.41) is 0. The average molecular weight is 292 g/mol. The molecule has 1 amide bonds. The molecule has 1 aromatic heterocycles. The van der Waals surface area contributed by atoms with Crippen LogP contribution in [0.25, 0.3) is 0 Å². The fourth-order valence-electron chi connectivity index (χ4n) is 3.00. The maximum atomic E-state index is 11.8. The first kappa shape index (κ1) is 15.7. The van der Waals surface area contributed by atoms with E-state index >= 15 is 0 Å². The molecule has 1 fully saturated rings. The largest absolute Gasteiger partial charge is 0.477 e. The Morgan fingerprint density at radius 1 is 1.43 bits per heavy atom. The van der Waals surface area contributed by atoms with Crippen molar-refractivity contribution in [2.24, 2.45) is 5.73 Å². The van der Waals surface area contributed by atoms with E-state index in [2.05, 4.69) is 21.8 Å². The maximum Gasteiger partial charge on any atom is 0.256 e. The molecule has 1 atom stereocenters. The topological polar surface area (TPSA) is 81.3 Å². The molecule has 1 saturated heterocycles. The zero-order chi connectivity index (χ0) is 15.4. The van der Waals surface area contributed by atoms with Gasteiger partial charge in [-0.05, 0) is 39.8 Å². The van der Waals surface area contributed by atoms with Crippen LogP contribution in [0.2, 0.25) is 0 Å². The minimum absolute atomic E-state index is 0.313. The molecular formula is C15H24N4O2. The number of aryl methyl sites for hydroxylation is 1. The van der Waals surface area contributed by atoms with Crippen molar-refractivity contribution < 1.29 is 9.53 Å². The van der Waals surface area contributed by atoms with Crippen molar-refractivity contribution in [2.45, 2.75) is 46.1 Å². The number of primary amides is 1. The Labute approximate surface area is 125 Å². The van der Waals surface area contributed by atoms with Crippen molar-refractivity contribution >= 4 is 5.91 Å². The molecule has 2 heterocycles. The van der Waals surface area contributed by atoms with E-state index < -0.39 is 5.91 Å². The van der Waals surface area contributed by atoms with Crippen molar-refractivity contribution in [2.75, 3.05) is 19.7 Å². The Kier molecular flexibility index (Phi) is 5.12. The molecule has 116 valence electrons. The monoisotopic (exact) mass is 292 g/mol. The molecule has 0 saturated carbocycles. The van der Waals surface area contributed by atoms with Crippen molar-refractivity contribution in [1.82, 2.24) is 14.9 Å². The number of amides is 1. The fraction of sp³-hybridized carbons (Fsp3) is 0.667. The van der Waals surface area contributed by atoms with Gasteiger partial charge in [-0.1, -0.05) is 6.92 Å². The molecule has 0 bridgehead atoms. The second kappa shape index (κ2) is 6.85. The summed E-state index contributed by atoms with van der Waals surface area (Å²) in [5.74, 6) is 0.405. The number of hydrogen-bond acceptors (Lipinski definition) is 5. The number of likely N-dealkylation sites (N-methyl/N-ethyl adjacent to an activating group) is 1. The molecule has 21 heavy (non-hydrogen) atoms. The highest BCUT2D eigenvalue weighted by Crippen LogP contribution is 2.25. The van der Waals surface area contributed by atoms with Crippen LogP contribution in [0.15, 0.2) is 0 Å². The van der Waals surface area contributed by atoms with E-state index in [1.54, 1.807) is 0 Å². The van der Waals surface area contributed by atoms with Gasteiger partial charge in [0.1, 0.15) is 11.4 Å². The predicted molar refractivity (Wildman–Crippen MR) is 80.4 cm³/mol. The predicted octanol–water partition coefficient (Wildman–Crippen LogP) is 1.31. The van der Waals surface area contributed by atoms with Gasteiger partial charge in [0.15, 0.2) is 0 Å². The van der Waals surface area contributed by atoms with E-state index in [9.17, 15) is 4.79 Å². The molecule has 1 unspecified atom stereocenters. The Morgan fingerprint density at radius 3 is 2.81 bits per heavy atom. The second-order valence-electron chi connectivity index (χ2n) is 5.32. The van der Waals surface area contributed by atoms with Crippen LogP contribution >= 0.6 is 0 Å². The van der Waals surface area contributed by atoms with E-state index in [4.69, 9.17) is 10.5 Å². The van der Waals surface area contributed by atoms with Crippen LogP contribution in [-0.2, 0) is 6.42 Å². The minimum Gasteiger partial charge on any atom is -0.477 e. The van der Waals surface area contributed by atoms with E-state index in [0.717, 1.165) is 25.9 Å². The summed E-state index contributed by atoms with van der Waals surface area (Å²) in [5.41, 5.74) is 6.57. The molecule has 1 aliphatic heterocycles. The number of ether oxygens (including phenoxy) is 1. The number of aromatic nitrogens is 2. The van der Waals surface area contributed by atoms with Crippen LogP contribution in [0.3, 0.4) is 0 Å². The molecule has 0 radical (unpaired) electrons. The first-order valence-electron chi connectivity index (χ1n) is 7.60. The maximum absolute atomic E-state index is 11.8.